The van der Waals surface area contributed by atoms with Gasteiger partial charge in [-0.15, -0.1) is 11.3 Å². The Balaban J connectivity index is 1.67. The van der Waals surface area contributed by atoms with Crippen LogP contribution in [0.15, 0.2) is 60.7 Å². The molecule has 0 unspecified atom stereocenters. The molecule has 38 heavy (non-hydrogen) atoms. The van der Waals surface area contributed by atoms with Crippen molar-refractivity contribution >= 4 is 33.1 Å². The number of allylic oxidation sites excluding steroid dienone is 1. The molecule has 192 valence electrons. The van der Waals surface area contributed by atoms with E-state index < -0.39 is 11.7 Å². The number of carbonyl (C=O) groups is 1. The number of anilines is 1. The molecule has 5 aromatic rings. The lowest BCUT2D eigenvalue weighted by Crippen LogP contribution is -2.07. The third kappa shape index (κ3) is 4.96. The first-order valence-electron chi connectivity index (χ1n) is 11.6. The number of benzene rings is 1. The summed E-state index contributed by atoms with van der Waals surface area (Å²) in [4.78, 5) is 25.1. The van der Waals surface area contributed by atoms with E-state index in [-0.39, 0.29) is 11.8 Å². The minimum Gasteiger partial charge on any atom is -0.421 e. The number of hydrogen-bond acceptors (Lipinski definition) is 8. The van der Waals surface area contributed by atoms with Crippen LogP contribution in [0.25, 0.3) is 32.3 Å². The molecule has 1 amide bonds. The van der Waals surface area contributed by atoms with E-state index in [1.54, 1.807) is 42.3 Å². The molecule has 0 aliphatic heterocycles. The number of thiophene rings is 1. The maximum absolute atomic E-state index is 15.3. The van der Waals surface area contributed by atoms with E-state index >= 15 is 4.39 Å². The average molecular weight is 530 g/mol. The highest BCUT2D eigenvalue weighted by Gasteiger charge is 2.22. The van der Waals surface area contributed by atoms with Crippen LogP contribution in [0, 0.1) is 12.7 Å². The number of primary amides is 1. The number of aromatic nitrogens is 5. The van der Waals surface area contributed by atoms with E-state index in [9.17, 15) is 4.79 Å². The fourth-order valence-corrected chi connectivity index (χ4v) is 5.68. The maximum Gasteiger partial charge on any atom is 0.322 e. The number of pyridine rings is 1. The third-order valence-electron chi connectivity index (χ3n) is 5.85. The predicted molar refractivity (Wildman–Crippen MR) is 145 cm³/mol. The summed E-state index contributed by atoms with van der Waals surface area (Å²) >= 11 is 1.51. The van der Waals surface area contributed by atoms with Gasteiger partial charge in [-0.1, -0.05) is 11.6 Å². The second-order valence-electron chi connectivity index (χ2n) is 8.86. The van der Waals surface area contributed by atoms with Gasteiger partial charge in [0.25, 0.3) is 0 Å². The van der Waals surface area contributed by atoms with Crippen LogP contribution in [0.2, 0.25) is 0 Å². The number of fused-ring (bicyclic) bond motifs is 1. The predicted octanol–water partition coefficient (Wildman–Crippen LogP) is 4.95. The van der Waals surface area contributed by atoms with Crippen molar-refractivity contribution in [1.29, 1.82) is 0 Å². The second-order valence-corrected chi connectivity index (χ2v) is 9.97. The van der Waals surface area contributed by atoms with Crippen LogP contribution in [-0.4, -0.2) is 30.6 Å². The number of nitrogens with two attached hydrogens (primary N) is 2. The van der Waals surface area contributed by atoms with Gasteiger partial charge in [0.2, 0.25) is 5.91 Å². The SMILES string of the molecule is CC(=CC(N)=O)Cc1sc2c(-c3cnn(C)c3)cnc(N)c2c1-c1ccc(Oc2nccc(C)n2)c(F)c1. The Morgan fingerprint density at radius 3 is 2.71 bits per heavy atom. The van der Waals surface area contributed by atoms with E-state index in [4.69, 9.17) is 16.2 Å². The zero-order chi connectivity index (χ0) is 27.0. The van der Waals surface area contributed by atoms with Crippen molar-refractivity contribution in [2.45, 2.75) is 20.3 Å². The molecule has 0 fully saturated rings. The van der Waals surface area contributed by atoms with Gasteiger partial charge in [0.05, 0.1) is 6.20 Å². The molecule has 0 saturated carbocycles. The van der Waals surface area contributed by atoms with Crippen LogP contribution in [-0.2, 0) is 18.3 Å². The normalized spacial score (nSPS) is 11.7. The first-order valence-corrected chi connectivity index (χ1v) is 12.4. The molecule has 0 saturated heterocycles. The number of nitrogen functional groups attached to an aromatic ring is 1. The molecule has 5 rings (SSSR count). The number of ether oxygens (including phenoxy) is 1. The first kappa shape index (κ1) is 25.0. The minimum absolute atomic E-state index is 0.00705. The van der Waals surface area contributed by atoms with Gasteiger partial charge in [0.15, 0.2) is 11.6 Å². The van der Waals surface area contributed by atoms with Crippen LogP contribution >= 0.6 is 11.3 Å². The van der Waals surface area contributed by atoms with Gasteiger partial charge >= 0.3 is 6.01 Å². The number of aryl methyl sites for hydroxylation is 2. The molecule has 11 heteroatoms. The third-order valence-corrected chi connectivity index (χ3v) is 7.08. The molecule has 0 bridgehead atoms. The highest BCUT2D eigenvalue weighted by molar-refractivity contribution is 7.20. The van der Waals surface area contributed by atoms with Gasteiger partial charge in [0.1, 0.15) is 5.82 Å². The quantitative estimate of drug-likeness (QED) is 0.285. The number of rotatable bonds is 7. The lowest BCUT2D eigenvalue weighted by molar-refractivity contribution is -0.113. The Morgan fingerprint density at radius 2 is 2.03 bits per heavy atom. The highest BCUT2D eigenvalue weighted by Crippen LogP contribution is 2.46. The number of hydrogen-bond donors (Lipinski definition) is 2. The summed E-state index contributed by atoms with van der Waals surface area (Å²) in [5.74, 6) is -0.812. The fourth-order valence-electron chi connectivity index (χ4n) is 4.22. The summed E-state index contributed by atoms with van der Waals surface area (Å²) < 4.78 is 23.5. The molecule has 4 heterocycles. The van der Waals surface area contributed by atoms with Crippen molar-refractivity contribution < 1.29 is 13.9 Å². The van der Waals surface area contributed by atoms with Crippen molar-refractivity contribution in [2.24, 2.45) is 12.8 Å². The molecule has 0 radical (unpaired) electrons. The van der Waals surface area contributed by atoms with Crippen LogP contribution < -0.4 is 16.2 Å². The molecule has 4 aromatic heterocycles. The minimum atomic E-state index is -0.586. The monoisotopic (exact) mass is 529 g/mol. The summed E-state index contributed by atoms with van der Waals surface area (Å²) in [6.45, 7) is 3.62. The Kier molecular flexibility index (Phi) is 6.60. The van der Waals surface area contributed by atoms with Gasteiger partial charge < -0.3 is 16.2 Å². The highest BCUT2D eigenvalue weighted by atomic mass is 32.1. The van der Waals surface area contributed by atoms with Crippen LogP contribution in [0.1, 0.15) is 17.5 Å². The van der Waals surface area contributed by atoms with Crippen molar-refractivity contribution in [2.75, 3.05) is 5.73 Å². The van der Waals surface area contributed by atoms with Gasteiger partial charge in [-0.05, 0) is 37.6 Å². The summed E-state index contributed by atoms with van der Waals surface area (Å²) in [5, 5.41) is 4.98. The van der Waals surface area contributed by atoms with Crippen LogP contribution in [0.4, 0.5) is 10.2 Å². The van der Waals surface area contributed by atoms with E-state index in [2.05, 4.69) is 20.1 Å². The Bertz CT molecular complexity index is 1720. The molecule has 0 aliphatic rings. The van der Waals surface area contributed by atoms with Crippen molar-refractivity contribution in [3.63, 3.8) is 0 Å². The molecule has 0 atom stereocenters. The molecule has 9 nitrogen and oxygen atoms in total. The molecular weight excluding hydrogens is 505 g/mol. The van der Waals surface area contributed by atoms with E-state index in [0.717, 1.165) is 31.8 Å². The fraction of sp³-hybridized carbons (Fsp3) is 0.148. The largest absolute Gasteiger partial charge is 0.421 e. The van der Waals surface area contributed by atoms with Crippen molar-refractivity contribution in [3.8, 4) is 34.0 Å². The lowest BCUT2D eigenvalue weighted by Gasteiger charge is -2.10. The molecule has 4 N–H and O–H groups in total. The number of carbonyl (C=O) groups excluding carboxylic acids is 1. The Hall–Kier alpha value is -4.64. The zero-order valence-corrected chi connectivity index (χ0v) is 21.7. The summed E-state index contributed by atoms with van der Waals surface area (Å²) in [6.07, 6.45) is 8.71. The number of nitrogens with zero attached hydrogens (tertiary/aromatic N) is 5. The van der Waals surface area contributed by atoms with Gasteiger partial charge in [-0.3, -0.25) is 9.48 Å². The molecular formula is C27H24FN7O2S. The average Bonchev–Trinajstić information content (AvgIpc) is 3.44. The summed E-state index contributed by atoms with van der Waals surface area (Å²) in [5.41, 5.74) is 16.3. The maximum atomic E-state index is 15.3. The summed E-state index contributed by atoms with van der Waals surface area (Å²) in [7, 11) is 1.84. The number of halogens is 1. The van der Waals surface area contributed by atoms with Crippen molar-refractivity contribution in [1.82, 2.24) is 24.7 Å². The second kappa shape index (κ2) is 10.0. The zero-order valence-electron chi connectivity index (χ0n) is 20.9. The molecule has 0 spiro atoms. The van der Waals surface area contributed by atoms with Crippen molar-refractivity contribution in [3.05, 3.63) is 77.1 Å². The van der Waals surface area contributed by atoms with Crippen LogP contribution in [0.5, 0.6) is 11.8 Å². The number of amides is 1. The van der Waals surface area contributed by atoms with E-state index in [0.29, 0.717) is 28.9 Å². The standard InChI is InChI=1S/C27H24FN7O2S/c1-14(9-22(29)36)8-21-23(16-4-5-20(19(28)10-16)37-27-31-7-6-15(2)34-27)24-25(38-21)18(12-32-26(24)30)17-11-33-35(3)13-17/h4-7,9-13H,8H2,1-3H3,(H2,29,36)(H2,30,32). The van der Waals surface area contributed by atoms with Gasteiger partial charge in [-0.25, -0.2) is 19.3 Å². The smallest absolute Gasteiger partial charge is 0.322 e. The van der Waals surface area contributed by atoms with E-state index in [1.807, 2.05) is 20.2 Å². The summed E-state index contributed by atoms with van der Waals surface area (Å²) in [6, 6.07) is 6.45. The Morgan fingerprint density at radius 1 is 1.21 bits per heavy atom. The Labute approximate surface area is 221 Å². The van der Waals surface area contributed by atoms with Crippen LogP contribution in [0.3, 0.4) is 0 Å². The lowest BCUT2D eigenvalue weighted by atomic mass is 9.97. The van der Waals surface area contributed by atoms with Gasteiger partial charge in [0, 0.05) is 75.5 Å². The topological polar surface area (TPSA) is 135 Å². The molecule has 1 aromatic carbocycles. The molecule has 0 aliphatic carbocycles. The van der Waals surface area contributed by atoms with E-state index in [1.165, 1.54) is 29.5 Å². The van der Waals surface area contributed by atoms with Gasteiger partial charge in [-0.2, -0.15) is 5.10 Å². The first-order chi connectivity index (χ1) is 18.2.